The van der Waals surface area contributed by atoms with Crippen LogP contribution in [0.4, 0.5) is 5.69 Å². The number of rotatable bonds is 4. The zero-order valence-corrected chi connectivity index (χ0v) is 15.7. The van der Waals surface area contributed by atoms with Crippen molar-refractivity contribution in [3.05, 3.63) is 50.2 Å². The lowest BCUT2D eigenvalue weighted by molar-refractivity contribution is -0.113. The maximum atomic E-state index is 12.2. The molecule has 0 saturated carbocycles. The molecule has 0 bridgehead atoms. The van der Waals surface area contributed by atoms with Crippen LogP contribution < -0.4 is 16.6 Å². The number of aromatic amines is 1. The third-order valence-electron chi connectivity index (χ3n) is 4.29. The van der Waals surface area contributed by atoms with Crippen LogP contribution in [-0.2, 0) is 18.9 Å². The number of fused-ring (bicyclic) bond motifs is 1. The molecule has 2 N–H and O–H groups in total. The molecule has 9 heteroatoms. The lowest BCUT2D eigenvalue weighted by atomic mass is 10.1. The molecule has 0 aliphatic rings. The van der Waals surface area contributed by atoms with Crippen LogP contribution in [-0.4, -0.2) is 30.8 Å². The second-order valence-corrected chi connectivity index (χ2v) is 6.99. The summed E-state index contributed by atoms with van der Waals surface area (Å²) < 4.78 is 2.32. The Morgan fingerprint density at radius 2 is 1.96 bits per heavy atom. The molecule has 0 aliphatic heterocycles. The number of amides is 1. The Balaban J connectivity index is 1.78. The molecular formula is C17H19N5O3S. The highest BCUT2D eigenvalue weighted by Crippen LogP contribution is 2.20. The van der Waals surface area contributed by atoms with E-state index >= 15 is 0 Å². The SMILES string of the molecule is Cc1cccc(NC(=O)CSc2nc3c([nH]2)c(=O)n(C)c(=O)n3C)c1C. The Morgan fingerprint density at radius 1 is 1.23 bits per heavy atom. The smallest absolute Gasteiger partial charge is 0.327 e. The van der Waals surface area contributed by atoms with Crippen molar-refractivity contribution in [1.82, 2.24) is 19.1 Å². The number of anilines is 1. The van der Waals surface area contributed by atoms with Crippen LogP contribution in [0.3, 0.4) is 0 Å². The third-order valence-corrected chi connectivity index (χ3v) is 5.17. The summed E-state index contributed by atoms with van der Waals surface area (Å²) in [5.41, 5.74) is 2.53. The van der Waals surface area contributed by atoms with E-state index in [0.717, 1.165) is 21.4 Å². The highest BCUT2D eigenvalue weighted by molar-refractivity contribution is 7.99. The fraction of sp³-hybridized carbons (Fsp3) is 0.294. The molecule has 0 spiro atoms. The predicted octanol–water partition coefficient (Wildman–Crippen LogP) is 1.31. The summed E-state index contributed by atoms with van der Waals surface area (Å²) in [4.78, 5) is 43.5. The van der Waals surface area contributed by atoms with E-state index in [-0.39, 0.29) is 22.8 Å². The molecule has 2 aromatic heterocycles. The van der Waals surface area contributed by atoms with E-state index in [2.05, 4.69) is 15.3 Å². The topological polar surface area (TPSA) is 102 Å². The molecule has 26 heavy (non-hydrogen) atoms. The van der Waals surface area contributed by atoms with E-state index in [1.807, 2.05) is 32.0 Å². The first-order chi connectivity index (χ1) is 12.3. The van der Waals surface area contributed by atoms with Gasteiger partial charge < -0.3 is 10.3 Å². The lowest BCUT2D eigenvalue weighted by Crippen LogP contribution is -2.36. The van der Waals surface area contributed by atoms with Gasteiger partial charge in [-0.15, -0.1) is 0 Å². The first-order valence-electron chi connectivity index (χ1n) is 7.94. The van der Waals surface area contributed by atoms with E-state index < -0.39 is 11.2 Å². The largest absolute Gasteiger partial charge is 0.332 e. The molecule has 1 amide bonds. The Kier molecular flexibility index (Phi) is 4.73. The monoisotopic (exact) mass is 373 g/mol. The average molecular weight is 373 g/mol. The summed E-state index contributed by atoms with van der Waals surface area (Å²) in [6, 6.07) is 5.73. The summed E-state index contributed by atoms with van der Waals surface area (Å²) in [5.74, 6) is -0.0486. The van der Waals surface area contributed by atoms with Crippen LogP contribution in [0.25, 0.3) is 11.2 Å². The minimum Gasteiger partial charge on any atom is -0.327 e. The van der Waals surface area contributed by atoms with Crippen molar-refractivity contribution in [1.29, 1.82) is 0 Å². The molecule has 3 aromatic rings. The van der Waals surface area contributed by atoms with Crippen molar-refractivity contribution in [2.75, 3.05) is 11.1 Å². The highest BCUT2D eigenvalue weighted by atomic mass is 32.2. The van der Waals surface area contributed by atoms with E-state index in [0.29, 0.717) is 5.16 Å². The van der Waals surface area contributed by atoms with Gasteiger partial charge in [0.15, 0.2) is 16.3 Å². The Labute approximate surface area is 153 Å². The van der Waals surface area contributed by atoms with Gasteiger partial charge in [-0.3, -0.25) is 18.7 Å². The summed E-state index contributed by atoms with van der Waals surface area (Å²) >= 11 is 1.17. The lowest BCUT2D eigenvalue weighted by Gasteiger charge is -2.09. The molecule has 0 radical (unpaired) electrons. The number of thioether (sulfide) groups is 1. The van der Waals surface area contributed by atoms with Crippen LogP contribution >= 0.6 is 11.8 Å². The maximum absolute atomic E-state index is 12.2. The fourth-order valence-corrected chi connectivity index (χ4v) is 3.25. The van der Waals surface area contributed by atoms with Crippen molar-refractivity contribution in [2.24, 2.45) is 14.1 Å². The van der Waals surface area contributed by atoms with E-state index in [1.165, 1.54) is 23.4 Å². The maximum Gasteiger partial charge on any atom is 0.332 e. The number of hydrogen-bond acceptors (Lipinski definition) is 5. The van der Waals surface area contributed by atoms with Gasteiger partial charge in [0, 0.05) is 19.8 Å². The molecule has 0 atom stereocenters. The molecule has 8 nitrogen and oxygen atoms in total. The molecule has 0 unspecified atom stereocenters. The Morgan fingerprint density at radius 3 is 2.69 bits per heavy atom. The van der Waals surface area contributed by atoms with Gasteiger partial charge in [-0.2, -0.15) is 0 Å². The number of hydrogen-bond donors (Lipinski definition) is 2. The molecule has 0 aliphatic carbocycles. The van der Waals surface area contributed by atoms with Crippen LogP contribution in [0.5, 0.6) is 0 Å². The number of aryl methyl sites for hydroxylation is 2. The minimum absolute atomic E-state index is 0.126. The number of carbonyl (C=O) groups is 1. The minimum atomic E-state index is -0.446. The molecule has 3 rings (SSSR count). The van der Waals surface area contributed by atoms with Gasteiger partial charge in [0.2, 0.25) is 5.91 Å². The van der Waals surface area contributed by atoms with E-state index in [9.17, 15) is 14.4 Å². The molecule has 136 valence electrons. The van der Waals surface area contributed by atoms with E-state index in [1.54, 1.807) is 7.05 Å². The number of imidazole rings is 1. The van der Waals surface area contributed by atoms with Gasteiger partial charge in [-0.05, 0) is 31.0 Å². The second-order valence-electron chi connectivity index (χ2n) is 6.03. The zero-order valence-electron chi connectivity index (χ0n) is 14.9. The summed E-state index contributed by atoms with van der Waals surface area (Å²) in [7, 11) is 2.96. The fourth-order valence-electron chi connectivity index (χ4n) is 2.58. The van der Waals surface area contributed by atoms with Crippen molar-refractivity contribution in [3.8, 4) is 0 Å². The van der Waals surface area contributed by atoms with Crippen LogP contribution in [0.15, 0.2) is 32.9 Å². The molecule has 0 fully saturated rings. The molecule has 2 heterocycles. The first kappa shape index (κ1) is 18.0. The van der Waals surface area contributed by atoms with Gasteiger partial charge in [0.1, 0.15) is 0 Å². The summed E-state index contributed by atoms with van der Waals surface area (Å²) in [6.45, 7) is 3.94. The van der Waals surface area contributed by atoms with E-state index in [4.69, 9.17) is 0 Å². The summed E-state index contributed by atoms with van der Waals surface area (Å²) in [6.07, 6.45) is 0. The predicted molar refractivity (Wildman–Crippen MR) is 102 cm³/mol. The van der Waals surface area contributed by atoms with Crippen LogP contribution in [0.1, 0.15) is 11.1 Å². The normalized spacial score (nSPS) is 11.1. The van der Waals surface area contributed by atoms with Crippen LogP contribution in [0.2, 0.25) is 0 Å². The number of carbonyl (C=O) groups excluding carboxylic acids is 1. The quantitative estimate of drug-likeness (QED) is 0.672. The average Bonchev–Trinajstić information content (AvgIpc) is 3.05. The number of nitrogens with one attached hydrogen (secondary N) is 2. The highest BCUT2D eigenvalue weighted by Gasteiger charge is 2.15. The Hall–Kier alpha value is -2.81. The van der Waals surface area contributed by atoms with Gasteiger partial charge in [0.05, 0.1) is 5.75 Å². The molecule has 1 aromatic carbocycles. The van der Waals surface area contributed by atoms with Crippen molar-refractivity contribution >= 4 is 34.5 Å². The number of H-pyrrole nitrogens is 1. The molecule has 0 saturated heterocycles. The first-order valence-corrected chi connectivity index (χ1v) is 8.92. The Bertz CT molecular complexity index is 1130. The van der Waals surface area contributed by atoms with Crippen molar-refractivity contribution in [2.45, 2.75) is 19.0 Å². The number of benzene rings is 1. The summed E-state index contributed by atoms with van der Waals surface area (Å²) in [5, 5.41) is 3.29. The second kappa shape index (κ2) is 6.83. The zero-order chi connectivity index (χ0) is 19.0. The standard InChI is InChI=1S/C17H19N5O3S/c1-9-6-5-7-11(10(9)2)18-12(23)8-26-16-19-13-14(20-16)21(3)17(25)22(4)15(13)24/h5-7H,8H2,1-4H3,(H,18,23)(H,19,20). The van der Waals surface area contributed by atoms with Crippen LogP contribution in [0, 0.1) is 13.8 Å². The van der Waals surface area contributed by atoms with Crippen molar-refractivity contribution < 1.29 is 4.79 Å². The number of aromatic nitrogens is 4. The van der Waals surface area contributed by atoms with Crippen molar-refractivity contribution in [3.63, 3.8) is 0 Å². The van der Waals surface area contributed by atoms with Gasteiger partial charge in [-0.25, -0.2) is 9.78 Å². The number of nitrogens with zero attached hydrogens (tertiary/aromatic N) is 3. The third kappa shape index (κ3) is 3.17. The molecular weight excluding hydrogens is 354 g/mol. The van der Waals surface area contributed by atoms with Gasteiger partial charge in [0.25, 0.3) is 5.56 Å². The van der Waals surface area contributed by atoms with Gasteiger partial charge >= 0.3 is 5.69 Å². The van der Waals surface area contributed by atoms with Gasteiger partial charge in [-0.1, -0.05) is 23.9 Å².